The highest BCUT2D eigenvalue weighted by atomic mass is 32.1. The van der Waals surface area contributed by atoms with Gasteiger partial charge in [-0.15, -0.1) is 5.10 Å². The Morgan fingerprint density at radius 2 is 2.16 bits per heavy atom. The van der Waals surface area contributed by atoms with Gasteiger partial charge in [0.1, 0.15) is 5.82 Å². The van der Waals surface area contributed by atoms with Crippen LogP contribution in [0.4, 0.5) is 4.39 Å². The number of hydrogen-bond acceptors (Lipinski definition) is 4. The Labute approximate surface area is 117 Å². The molecule has 3 nitrogen and oxygen atoms in total. The quantitative estimate of drug-likeness (QED) is 0.882. The van der Waals surface area contributed by atoms with Crippen molar-refractivity contribution in [1.29, 1.82) is 0 Å². The predicted molar refractivity (Wildman–Crippen MR) is 75.8 cm³/mol. The molecular formula is C14H18FN3S. The van der Waals surface area contributed by atoms with E-state index in [-0.39, 0.29) is 11.9 Å². The van der Waals surface area contributed by atoms with Crippen LogP contribution in [0, 0.1) is 5.82 Å². The van der Waals surface area contributed by atoms with Gasteiger partial charge in [0.2, 0.25) is 0 Å². The van der Waals surface area contributed by atoms with Crippen molar-refractivity contribution in [1.82, 2.24) is 14.9 Å². The molecule has 2 rings (SSSR count). The lowest BCUT2D eigenvalue weighted by Crippen LogP contribution is -2.19. The lowest BCUT2D eigenvalue weighted by atomic mass is 10.0. The van der Waals surface area contributed by atoms with Gasteiger partial charge in [-0.2, -0.15) is 0 Å². The minimum absolute atomic E-state index is 0.0680. The van der Waals surface area contributed by atoms with E-state index >= 15 is 0 Å². The number of benzene rings is 1. The Bertz CT molecular complexity index is 527. The summed E-state index contributed by atoms with van der Waals surface area (Å²) in [5.74, 6) is -0.155. The highest BCUT2D eigenvalue weighted by molar-refractivity contribution is 7.05. The van der Waals surface area contributed by atoms with Crippen LogP contribution < -0.4 is 5.32 Å². The topological polar surface area (TPSA) is 37.8 Å². The summed E-state index contributed by atoms with van der Waals surface area (Å²) in [4.78, 5) is 1.12. The summed E-state index contributed by atoms with van der Waals surface area (Å²) in [7, 11) is 1.89. The van der Waals surface area contributed by atoms with E-state index < -0.39 is 0 Å². The lowest BCUT2D eigenvalue weighted by Gasteiger charge is -2.15. The average molecular weight is 279 g/mol. The van der Waals surface area contributed by atoms with Gasteiger partial charge < -0.3 is 5.32 Å². The first-order valence-electron chi connectivity index (χ1n) is 6.48. The van der Waals surface area contributed by atoms with Gasteiger partial charge in [0.05, 0.1) is 10.6 Å². The fraction of sp³-hybridized carbons (Fsp3) is 0.429. The first kappa shape index (κ1) is 14.1. The fourth-order valence-corrected chi connectivity index (χ4v) is 2.90. The standard InChI is InChI=1S/C14H18FN3S/c1-3-6-12-14(19-18-17-12)13(16-2)9-10-7-4-5-8-11(10)15/h4-5,7-8,13,16H,3,6,9H2,1-2H3. The molecule has 0 radical (unpaired) electrons. The van der Waals surface area contributed by atoms with Gasteiger partial charge in [-0.3, -0.25) is 0 Å². The average Bonchev–Trinajstić information content (AvgIpc) is 2.86. The van der Waals surface area contributed by atoms with Crippen LogP contribution in [0.2, 0.25) is 0 Å². The number of nitrogens with zero attached hydrogens (tertiary/aromatic N) is 2. The Morgan fingerprint density at radius 3 is 2.84 bits per heavy atom. The van der Waals surface area contributed by atoms with Crippen LogP contribution in [0.1, 0.15) is 35.5 Å². The smallest absolute Gasteiger partial charge is 0.126 e. The first-order valence-corrected chi connectivity index (χ1v) is 7.25. The highest BCUT2D eigenvalue weighted by Gasteiger charge is 2.19. The van der Waals surface area contributed by atoms with Crippen LogP contribution in [-0.2, 0) is 12.8 Å². The van der Waals surface area contributed by atoms with Gasteiger partial charge in [-0.05, 0) is 43.1 Å². The van der Waals surface area contributed by atoms with E-state index in [0.29, 0.717) is 6.42 Å². The maximum atomic E-state index is 13.7. The lowest BCUT2D eigenvalue weighted by molar-refractivity contribution is 0.555. The van der Waals surface area contributed by atoms with E-state index in [1.807, 2.05) is 19.2 Å². The monoisotopic (exact) mass is 279 g/mol. The van der Waals surface area contributed by atoms with Gasteiger partial charge in [-0.25, -0.2) is 4.39 Å². The van der Waals surface area contributed by atoms with E-state index in [1.54, 1.807) is 6.07 Å². The van der Waals surface area contributed by atoms with Gasteiger partial charge >= 0.3 is 0 Å². The number of nitrogens with one attached hydrogen (secondary N) is 1. The van der Waals surface area contributed by atoms with E-state index in [1.165, 1.54) is 17.6 Å². The second-order valence-electron chi connectivity index (χ2n) is 4.47. The minimum atomic E-state index is -0.155. The number of halogens is 1. The van der Waals surface area contributed by atoms with E-state index in [2.05, 4.69) is 21.8 Å². The SMILES string of the molecule is CCCc1nnsc1C(Cc1ccccc1F)NC. The normalized spacial score (nSPS) is 12.6. The Kier molecular flexibility index (Phi) is 4.99. The Balaban J connectivity index is 2.20. The van der Waals surface area contributed by atoms with Gasteiger partial charge in [0.25, 0.3) is 0 Å². The zero-order valence-corrected chi connectivity index (χ0v) is 12.0. The maximum absolute atomic E-state index is 13.7. The van der Waals surface area contributed by atoms with Crippen molar-refractivity contribution in [2.45, 2.75) is 32.2 Å². The first-order chi connectivity index (χ1) is 9.26. The van der Waals surface area contributed by atoms with Crippen molar-refractivity contribution in [2.75, 3.05) is 7.05 Å². The van der Waals surface area contributed by atoms with Gasteiger partial charge in [0.15, 0.2) is 0 Å². The second-order valence-corrected chi connectivity index (χ2v) is 5.26. The van der Waals surface area contributed by atoms with Crippen molar-refractivity contribution >= 4 is 11.5 Å². The molecular weight excluding hydrogens is 261 g/mol. The molecule has 2 aromatic rings. The summed E-state index contributed by atoms with van der Waals surface area (Å²) in [6.45, 7) is 2.12. The van der Waals surface area contributed by atoms with Crippen LogP contribution in [0.5, 0.6) is 0 Å². The van der Waals surface area contributed by atoms with Crippen LogP contribution >= 0.6 is 11.5 Å². The molecule has 0 saturated carbocycles. The van der Waals surface area contributed by atoms with Crippen molar-refractivity contribution in [3.8, 4) is 0 Å². The highest BCUT2D eigenvalue weighted by Crippen LogP contribution is 2.25. The largest absolute Gasteiger partial charge is 0.312 e. The number of aromatic nitrogens is 2. The number of hydrogen-bond donors (Lipinski definition) is 1. The molecule has 0 aliphatic carbocycles. The van der Waals surface area contributed by atoms with Gasteiger partial charge in [0, 0.05) is 6.04 Å². The van der Waals surface area contributed by atoms with E-state index in [9.17, 15) is 4.39 Å². The van der Waals surface area contributed by atoms with Crippen LogP contribution in [0.25, 0.3) is 0 Å². The molecule has 0 bridgehead atoms. The predicted octanol–water partition coefficient (Wildman–Crippen LogP) is 3.13. The van der Waals surface area contributed by atoms with Crippen LogP contribution in [0.15, 0.2) is 24.3 Å². The van der Waals surface area contributed by atoms with Crippen LogP contribution in [0.3, 0.4) is 0 Å². The summed E-state index contributed by atoms with van der Waals surface area (Å²) in [5.41, 5.74) is 1.75. The molecule has 1 aromatic carbocycles. The summed E-state index contributed by atoms with van der Waals surface area (Å²) in [6, 6.07) is 6.97. The van der Waals surface area contributed by atoms with Crippen molar-refractivity contribution in [2.24, 2.45) is 0 Å². The summed E-state index contributed by atoms with van der Waals surface area (Å²) < 4.78 is 17.8. The van der Waals surface area contributed by atoms with E-state index in [4.69, 9.17) is 0 Å². The Hall–Kier alpha value is -1.33. The molecule has 1 N–H and O–H groups in total. The molecule has 5 heteroatoms. The molecule has 0 aliphatic rings. The third-order valence-electron chi connectivity index (χ3n) is 3.12. The molecule has 1 heterocycles. The zero-order chi connectivity index (χ0) is 13.7. The molecule has 1 atom stereocenters. The molecule has 0 fully saturated rings. The molecule has 0 spiro atoms. The van der Waals surface area contributed by atoms with Crippen molar-refractivity contribution < 1.29 is 4.39 Å². The summed E-state index contributed by atoms with van der Waals surface area (Å²) in [6.07, 6.45) is 2.57. The third kappa shape index (κ3) is 3.36. The second kappa shape index (κ2) is 6.73. The maximum Gasteiger partial charge on any atom is 0.126 e. The van der Waals surface area contributed by atoms with Crippen LogP contribution in [-0.4, -0.2) is 16.6 Å². The third-order valence-corrected chi connectivity index (χ3v) is 4.00. The molecule has 1 aromatic heterocycles. The Morgan fingerprint density at radius 1 is 1.37 bits per heavy atom. The number of likely N-dealkylation sites (N-methyl/N-ethyl adjacent to an activating group) is 1. The number of rotatable bonds is 6. The van der Waals surface area contributed by atoms with E-state index in [0.717, 1.165) is 29.0 Å². The molecule has 0 aliphatic heterocycles. The molecule has 102 valence electrons. The minimum Gasteiger partial charge on any atom is -0.312 e. The molecule has 0 amide bonds. The summed E-state index contributed by atoms with van der Waals surface area (Å²) >= 11 is 1.40. The number of aryl methyl sites for hydroxylation is 1. The van der Waals surface area contributed by atoms with Crippen molar-refractivity contribution in [3.05, 3.63) is 46.2 Å². The molecule has 0 saturated heterocycles. The zero-order valence-electron chi connectivity index (χ0n) is 11.2. The van der Waals surface area contributed by atoms with Crippen molar-refractivity contribution in [3.63, 3.8) is 0 Å². The molecule has 1 unspecified atom stereocenters. The molecule has 19 heavy (non-hydrogen) atoms. The fourth-order valence-electron chi connectivity index (χ4n) is 2.10. The van der Waals surface area contributed by atoms with Gasteiger partial charge in [-0.1, -0.05) is 36.0 Å². The summed E-state index contributed by atoms with van der Waals surface area (Å²) in [5, 5.41) is 7.42.